The van der Waals surface area contributed by atoms with Crippen LogP contribution in [-0.4, -0.2) is 26.0 Å². The minimum Gasteiger partial charge on any atom is -0.493 e. The summed E-state index contributed by atoms with van der Waals surface area (Å²) in [6, 6.07) is 16.8. The molecule has 1 aliphatic rings. The summed E-state index contributed by atoms with van der Waals surface area (Å²) in [5.74, 6) is -0.601. The summed E-state index contributed by atoms with van der Waals surface area (Å²) in [6.07, 6.45) is 0. The predicted molar refractivity (Wildman–Crippen MR) is 120 cm³/mol. The smallest absolute Gasteiger partial charge is 0.282 e. The van der Waals surface area contributed by atoms with E-state index in [9.17, 15) is 14.0 Å². The van der Waals surface area contributed by atoms with E-state index in [0.29, 0.717) is 33.5 Å². The second kappa shape index (κ2) is 8.72. The fourth-order valence-electron chi connectivity index (χ4n) is 3.44. The monoisotopic (exact) mass is 452 g/mol. The molecule has 0 atom stereocenters. The Kier molecular flexibility index (Phi) is 5.83. The zero-order valence-corrected chi connectivity index (χ0v) is 17.9. The Morgan fingerprint density at radius 1 is 0.875 bits per heavy atom. The lowest BCUT2D eigenvalue weighted by molar-refractivity contribution is -0.120. The molecule has 1 aliphatic heterocycles. The van der Waals surface area contributed by atoms with Crippen LogP contribution in [-0.2, 0) is 9.59 Å². The van der Waals surface area contributed by atoms with E-state index in [1.807, 2.05) is 0 Å². The number of carbonyl (C=O) groups excluding carboxylic acids is 2. The second-order valence-corrected chi connectivity index (χ2v) is 7.31. The number of halogens is 2. The molecular weight excluding hydrogens is 435 g/mol. The van der Waals surface area contributed by atoms with Crippen LogP contribution in [0.1, 0.15) is 5.56 Å². The van der Waals surface area contributed by atoms with E-state index in [4.69, 9.17) is 21.1 Å². The highest BCUT2D eigenvalue weighted by atomic mass is 35.5. The molecule has 0 bridgehead atoms. The quantitative estimate of drug-likeness (QED) is 0.539. The van der Waals surface area contributed by atoms with Crippen molar-refractivity contribution in [1.29, 1.82) is 0 Å². The van der Waals surface area contributed by atoms with Gasteiger partial charge in [-0.15, -0.1) is 0 Å². The number of methoxy groups -OCH3 is 2. The molecule has 0 spiro atoms. The maximum absolute atomic E-state index is 13.5. The largest absolute Gasteiger partial charge is 0.493 e. The van der Waals surface area contributed by atoms with Crippen LogP contribution in [0, 0.1) is 5.82 Å². The number of nitrogens with one attached hydrogen (secondary N) is 1. The molecule has 162 valence electrons. The van der Waals surface area contributed by atoms with E-state index in [1.165, 1.54) is 44.6 Å². The van der Waals surface area contributed by atoms with E-state index >= 15 is 0 Å². The number of rotatable bonds is 6. The van der Waals surface area contributed by atoms with Crippen LogP contribution in [0.2, 0.25) is 5.02 Å². The van der Waals surface area contributed by atoms with Gasteiger partial charge >= 0.3 is 0 Å². The molecule has 8 heteroatoms. The van der Waals surface area contributed by atoms with Gasteiger partial charge in [0, 0.05) is 16.8 Å². The summed E-state index contributed by atoms with van der Waals surface area (Å²) in [7, 11) is 3.01. The highest BCUT2D eigenvalue weighted by molar-refractivity contribution is 6.46. The van der Waals surface area contributed by atoms with Crippen molar-refractivity contribution < 1.29 is 23.5 Å². The van der Waals surface area contributed by atoms with E-state index in [2.05, 4.69) is 5.32 Å². The van der Waals surface area contributed by atoms with Gasteiger partial charge in [-0.2, -0.15) is 0 Å². The SMILES string of the molecule is COc1ccc(NC2=C(c3ccc(F)cc3)C(=O)N(c3cccc(Cl)c3)C2=O)cc1OC. The Balaban J connectivity index is 1.81. The first-order chi connectivity index (χ1) is 15.4. The van der Waals surface area contributed by atoms with Gasteiger partial charge in [0.1, 0.15) is 11.5 Å². The van der Waals surface area contributed by atoms with Crippen LogP contribution in [0.15, 0.2) is 72.4 Å². The summed E-state index contributed by atoms with van der Waals surface area (Å²) in [5.41, 5.74) is 1.40. The molecule has 6 nitrogen and oxygen atoms in total. The van der Waals surface area contributed by atoms with Gasteiger partial charge in [-0.3, -0.25) is 9.59 Å². The van der Waals surface area contributed by atoms with Crippen molar-refractivity contribution in [2.45, 2.75) is 0 Å². The van der Waals surface area contributed by atoms with E-state index in [1.54, 1.807) is 36.4 Å². The number of hydrogen-bond donors (Lipinski definition) is 1. The van der Waals surface area contributed by atoms with Crippen LogP contribution in [0.5, 0.6) is 11.5 Å². The van der Waals surface area contributed by atoms with Crippen LogP contribution in [0.3, 0.4) is 0 Å². The summed E-state index contributed by atoms with van der Waals surface area (Å²) < 4.78 is 24.1. The molecule has 0 aromatic heterocycles. The fourth-order valence-corrected chi connectivity index (χ4v) is 3.62. The lowest BCUT2D eigenvalue weighted by Gasteiger charge is -2.16. The highest BCUT2D eigenvalue weighted by Crippen LogP contribution is 2.36. The van der Waals surface area contributed by atoms with Crippen molar-refractivity contribution in [3.8, 4) is 11.5 Å². The Labute approximate surface area is 188 Å². The van der Waals surface area contributed by atoms with Crippen LogP contribution in [0.25, 0.3) is 5.57 Å². The molecule has 3 aromatic carbocycles. The minimum absolute atomic E-state index is 0.0498. The third kappa shape index (κ3) is 3.90. The highest BCUT2D eigenvalue weighted by Gasteiger charge is 2.40. The molecule has 0 fully saturated rings. The summed E-state index contributed by atoms with van der Waals surface area (Å²) >= 11 is 6.07. The summed E-state index contributed by atoms with van der Waals surface area (Å²) in [5, 5.41) is 3.41. The van der Waals surface area contributed by atoms with Gasteiger partial charge in [-0.05, 0) is 48.0 Å². The van der Waals surface area contributed by atoms with Crippen LogP contribution >= 0.6 is 11.6 Å². The van der Waals surface area contributed by atoms with Gasteiger partial charge in [0.15, 0.2) is 11.5 Å². The van der Waals surface area contributed by atoms with Gasteiger partial charge in [0.25, 0.3) is 11.8 Å². The van der Waals surface area contributed by atoms with Gasteiger partial charge in [-0.1, -0.05) is 29.8 Å². The molecule has 1 heterocycles. The zero-order valence-electron chi connectivity index (χ0n) is 17.2. The first-order valence-electron chi connectivity index (χ1n) is 9.56. The number of hydrogen-bond acceptors (Lipinski definition) is 5. The number of ether oxygens (including phenoxy) is 2. The number of imide groups is 1. The van der Waals surface area contributed by atoms with Crippen molar-refractivity contribution in [2.75, 3.05) is 24.4 Å². The Morgan fingerprint density at radius 2 is 1.59 bits per heavy atom. The van der Waals surface area contributed by atoms with Gasteiger partial charge < -0.3 is 14.8 Å². The van der Waals surface area contributed by atoms with Crippen LogP contribution in [0.4, 0.5) is 15.8 Å². The topological polar surface area (TPSA) is 67.9 Å². The van der Waals surface area contributed by atoms with Crippen molar-refractivity contribution >= 4 is 40.4 Å². The molecule has 0 aliphatic carbocycles. The molecular formula is C24H18ClFN2O4. The van der Waals surface area contributed by atoms with E-state index < -0.39 is 17.6 Å². The number of nitrogens with zero attached hydrogens (tertiary/aromatic N) is 1. The maximum atomic E-state index is 13.5. The Morgan fingerprint density at radius 3 is 2.25 bits per heavy atom. The van der Waals surface area contributed by atoms with Crippen molar-refractivity contribution in [3.05, 3.63) is 88.8 Å². The lowest BCUT2D eigenvalue weighted by atomic mass is 10.0. The molecule has 3 aromatic rings. The third-order valence-corrected chi connectivity index (χ3v) is 5.17. The fraction of sp³-hybridized carbons (Fsp3) is 0.0833. The number of anilines is 2. The summed E-state index contributed by atoms with van der Waals surface area (Å²) in [4.78, 5) is 27.8. The Bertz CT molecular complexity index is 1240. The van der Waals surface area contributed by atoms with Crippen molar-refractivity contribution in [3.63, 3.8) is 0 Å². The number of carbonyl (C=O) groups is 2. The molecule has 32 heavy (non-hydrogen) atoms. The first-order valence-corrected chi connectivity index (χ1v) is 9.94. The second-order valence-electron chi connectivity index (χ2n) is 6.88. The van der Waals surface area contributed by atoms with Crippen LogP contribution < -0.4 is 19.7 Å². The molecule has 1 N–H and O–H groups in total. The number of benzene rings is 3. The van der Waals surface area contributed by atoms with Crippen molar-refractivity contribution in [2.24, 2.45) is 0 Å². The minimum atomic E-state index is -0.564. The first kappa shape index (κ1) is 21.4. The molecule has 2 amide bonds. The average molecular weight is 453 g/mol. The van der Waals surface area contributed by atoms with Crippen molar-refractivity contribution in [1.82, 2.24) is 0 Å². The third-order valence-electron chi connectivity index (χ3n) is 4.94. The maximum Gasteiger partial charge on any atom is 0.282 e. The normalized spacial score (nSPS) is 13.6. The van der Waals surface area contributed by atoms with Gasteiger partial charge in [0.05, 0.1) is 25.5 Å². The zero-order chi connectivity index (χ0) is 22.8. The molecule has 0 saturated carbocycles. The average Bonchev–Trinajstić information content (AvgIpc) is 3.03. The van der Waals surface area contributed by atoms with Gasteiger partial charge in [-0.25, -0.2) is 9.29 Å². The molecule has 0 radical (unpaired) electrons. The van der Waals surface area contributed by atoms with E-state index in [-0.39, 0.29) is 11.3 Å². The number of amides is 2. The standard InChI is InChI=1S/C24H18ClFN2O4/c1-31-19-11-10-17(13-20(19)32-2)27-22-21(14-6-8-16(26)9-7-14)23(29)28(24(22)30)18-5-3-4-15(25)12-18/h3-13,27H,1-2H3. The lowest BCUT2D eigenvalue weighted by Crippen LogP contribution is -2.32. The molecule has 4 rings (SSSR count). The van der Waals surface area contributed by atoms with E-state index in [0.717, 1.165) is 4.90 Å². The summed E-state index contributed by atoms with van der Waals surface area (Å²) in [6.45, 7) is 0. The predicted octanol–water partition coefficient (Wildman–Crippen LogP) is 4.89. The molecule has 0 unspecified atom stereocenters. The van der Waals surface area contributed by atoms with Gasteiger partial charge in [0.2, 0.25) is 0 Å². The Hall–Kier alpha value is -3.84. The molecule has 0 saturated heterocycles.